The van der Waals surface area contributed by atoms with Crippen molar-refractivity contribution in [1.82, 2.24) is 0 Å². The number of alkyl halides is 1. The number of rotatable bonds is 1. The van der Waals surface area contributed by atoms with E-state index in [4.69, 9.17) is 10.2 Å². The number of phenolic OH excluding ortho intramolecular Hbond substituents is 1. The number of phenols is 1. The van der Waals surface area contributed by atoms with Gasteiger partial charge in [-0.1, -0.05) is 34.1 Å². The van der Waals surface area contributed by atoms with Crippen LogP contribution in [0.25, 0.3) is 0 Å². The first-order valence-electron chi connectivity index (χ1n) is 2.82. The molecular weight excluding hydrogens is 242 g/mol. The Balaban J connectivity index is 0. The molecule has 2 N–H and O–H groups in total. The van der Waals surface area contributed by atoms with Crippen molar-refractivity contribution in [2.45, 2.75) is 5.01 Å². The molecule has 0 aliphatic heterocycles. The second kappa shape index (κ2) is 7.83. The minimum atomic E-state index is -0.784. The molecule has 2 nitrogen and oxygen atoms in total. The molecule has 0 heterocycles. The summed E-state index contributed by atoms with van der Waals surface area (Å²) in [4.78, 5) is 0. The van der Waals surface area contributed by atoms with Crippen LogP contribution in [0.4, 0.5) is 0 Å². The molecule has 1 rings (SSSR count). The Bertz CT molecular complexity index is 230. The summed E-state index contributed by atoms with van der Waals surface area (Å²) in [5, 5.41) is 17.3. The molecule has 0 bridgehead atoms. The van der Waals surface area contributed by atoms with Gasteiger partial charge in [0.1, 0.15) is 10.8 Å². The van der Waals surface area contributed by atoms with E-state index in [0.717, 1.165) is 0 Å². The average molecular weight is 249 g/mol. The second-order valence-corrected chi connectivity index (χ2v) is 2.76. The predicted octanol–water partition coefficient (Wildman–Crippen LogP) is 1.02. The van der Waals surface area contributed by atoms with Gasteiger partial charge in [0.2, 0.25) is 0 Å². The summed E-state index contributed by atoms with van der Waals surface area (Å²) >= 11 is 2.93. The number of hydrogen-bond donors (Lipinski definition) is 2. The summed E-state index contributed by atoms with van der Waals surface area (Å²) in [7, 11) is 0. The van der Waals surface area contributed by atoms with Crippen LogP contribution in [0.1, 0.15) is 10.6 Å². The predicted molar refractivity (Wildman–Crippen MR) is 53.5 cm³/mol. The molecule has 12 heavy (non-hydrogen) atoms. The van der Waals surface area contributed by atoms with Gasteiger partial charge < -0.3 is 10.2 Å². The topological polar surface area (TPSA) is 40.5 Å². The monoisotopic (exact) mass is 248 g/mol. The number of hydrogen-bond acceptors (Lipinski definition) is 2. The number of halogens is 1. The first kappa shape index (κ1) is 15.9. The Morgan fingerprint density at radius 2 is 1.67 bits per heavy atom. The molecule has 1 aromatic rings. The molecule has 0 fully saturated rings. The Morgan fingerprint density at radius 3 is 2.00 bits per heavy atom. The molecule has 0 aliphatic rings. The van der Waals surface area contributed by atoms with Gasteiger partial charge in [0.05, 0.1) is 0 Å². The van der Waals surface area contributed by atoms with Gasteiger partial charge in [-0.05, 0) is 6.07 Å². The molecule has 1 atom stereocenters. The van der Waals surface area contributed by atoms with Crippen LogP contribution in [0.3, 0.4) is 0 Å². The largest absolute Gasteiger partial charge is 0.508 e. The standard InChI is InChI=1S/C7H7BrO2.2Na/c8-7(10)5-3-1-2-4-6(5)9;;/h1-4,7,9-10H;;. The Hall–Kier alpha value is 1.46. The maximum absolute atomic E-state index is 9.09. The van der Waals surface area contributed by atoms with E-state index in [2.05, 4.69) is 15.9 Å². The third-order valence-electron chi connectivity index (χ3n) is 1.19. The zero-order valence-corrected chi connectivity index (χ0v) is 12.7. The minimum Gasteiger partial charge on any atom is -0.508 e. The number of benzene rings is 1. The zero-order valence-electron chi connectivity index (χ0n) is 7.16. The van der Waals surface area contributed by atoms with Crippen LogP contribution in [0.15, 0.2) is 24.3 Å². The van der Waals surface area contributed by atoms with Gasteiger partial charge >= 0.3 is 0 Å². The minimum absolute atomic E-state index is 0. The molecule has 0 amide bonds. The maximum Gasteiger partial charge on any atom is 0.137 e. The van der Waals surface area contributed by atoms with Crippen molar-refractivity contribution in [3.8, 4) is 5.75 Å². The van der Waals surface area contributed by atoms with Gasteiger partial charge in [-0.15, -0.1) is 0 Å². The summed E-state index contributed by atoms with van der Waals surface area (Å²) < 4.78 is 0. The molecule has 56 valence electrons. The van der Waals surface area contributed by atoms with Crippen LogP contribution < -0.4 is 0 Å². The number of aromatic hydroxyl groups is 1. The van der Waals surface area contributed by atoms with Gasteiger partial charge in [0, 0.05) is 64.7 Å². The fourth-order valence-corrected chi connectivity index (χ4v) is 1.08. The van der Waals surface area contributed by atoms with Crippen molar-refractivity contribution in [1.29, 1.82) is 0 Å². The third-order valence-corrected chi connectivity index (χ3v) is 1.69. The Labute approximate surface area is 124 Å². The molecule has 5 heteroatoms. The van der Waals surface area contributed by atoms with Crippen LogP contribution >= 0.6 is 15.9 Å². The molecule has 0 saturated heterocycles. The molecular formula is C7H7BrNa2O2. The molecule has 0 spiro atoms. The Morgan fingerprint density at radius 1 is 1.17 bits per heavy atom. The van der Waals surface area contributed by atoms with E-state index in [-0.39, 0.29) is 64.9 Å². The third kappa shape index (κ3) is 4.63. The molecule has 0 aliphatic carbocycles. The van der Waals surface area contributed by atoms with E-state index >= 15 is 0 Å². The zero-order chi connectivity index (χ0) is 7.56. The molecule has 1 unspecified atom stereocenters. The molecule has 2 radical (unpaired) electrons. The van der Waals surface area contributed by atoms with Crippen molar-refractivity contribution >= 4 is 75.0 Å². The second-order valence-electron chi connectivity index (χ2n) is 1.89. The quantitative estimate of drug-likeness (QED) is 0.576. The van der Waals surface area contributed by atoms with Gasteiger partial charge in [-0.25, -0.2) is 0 Å². The van der Waals surface area contributed by atoms with Crippen molar-refractivity contribution < 1.29 is 10.2 Å². The smallest absolute Gasteiger partial charge is 0.137 e. The number of aliphatic hydroxyl groups is 1. The SMILES string of the molecule is Oc1ccccc1C(O)Br.[Na].[Na]. The van der Waals surface area contributed by atoms with E-state index in [1.54, 1.807) is 18.2 Å². The number of aliphatic hydroxyl groups excluding tert-OH is 1. The summed E-state index contributed by atoms with van der Waals surface area (Å²) in [6.45, 7) is 0. The summed E-state index contributed by atoms with van der Waals surface area (Å²) in [6.07, 6.45) is 0. The van der Waals surface area contributed by atoms with E-state index in [9.17, 15) is 0 Å². The van der Waals surface area contributed by atoms with Crippen LogP contribution in [0.5, 0.6) is 5.75 Å². The fraction of sp³-hybridized carbons (Fsp3) is 0.143. The average Bonchev–Trinajstić information content (AvgIpc) is 1.88. The van der Waals surface area contributed by atoms with E-state index < -0.39 is 5.01 Å². The van der Waals surface area contributed by atoms with Crippen LogP contribution in [-0.2, 0) is 0 Å². The normalized spacial score (nSPS) is 10.8. The van der Waals surface area contributed by atoms with Crippen molar-refractivity contribution in [2.75, 3.05) is 0 Å². The van der Waals surface area contributed by atoms with Gasteiger partial charge in [-0.3, -0.25) is 0 Å². The maximum atomic E-state index is 9.09. The summed E-state index contributed by atoms with van der Waals surface area (Å²) in [6, 6.07) is 6.63. The van der Waals surface area contributed by atoms with Crippen LogP contribution in [-0.4, -0.2) is 69.3 Å². The van der Waals surface area contributed by atoms with Crippen LogP contribution in [0.2, 0.25) is 0 Å². The van der Waals surface area contributed by atoms with Gasteiger partial charge in [0.25, 0.3) is 0 Å². The van der Waals surface area contributed by atoms with Gasteiger partial charge in [0.15, 0.2) is 0 Å². The molecule has 0 saturated carbocycles. The van der Waals surface area contributed by atoms with Crippen molar-refractivity contribution in [3.05, 3.63) is 29.8 Å². The van der Waals surface area contributed by atoms with E-state index in [1.807, 2.05) is 0 Å². The van der Waals surface area contributed by atoms with Crippen molar-refractivity contribution in [2.24, 2.45) is 0 Å². The first-order chi connectivity index (χ1) is 4.72. The first-order valence-corrected chi connectivity index (χ1v) is 3.73. The van der Waals surface area contributed by atoms with E-state index in [0.29, 0.717) is 5.56 Å². The molecule has 1 aromatic carbocycles. The van der Waals surface area contributed by atoms with Crippen molar-refractivity contribution in [3.63, 3.8) is 0 Å². The van der Waals surface area contributed by atoms with Gasteiger partial charge in [-0.2, -0.15) is 0 Å². The fourth-order valence-electron chi connectivity index (χ4n) is 0.689. The molecule has 0 aromatic heterocycles. The summed E-state index contributed by atoms with van der Waals surface area (Å²) in [5.41, 5.74) is 0.488. The summed E-state index contributed by atoms with van der Waals surface area (Å²) in [5.74, 6) is 0.104. The Kier molecular flexibility index (Phi) is 10.4. The number of para-hydroxylation sites is 1. The van der Waals surface area contributed by atoms with E-state index in [1.165, 1.54) is 6.07 Å². The van der Waals surface area contributed by atoms with Crippen LogP contribution in [0, 0.1) is 0 Å².